The second-order valence-electron chi connectivity index (χ2n) is 5.75. The summed E-state index contributed by atoms with van der Waals surface area (Å²) in [7, 11) is 0. The lowest BCUT2D eigenvalue weighted by atomic mass is 10.1. The van der Waals surface area contributed by atoms with Crippen molar-refractivity contribution in [3.8, 4) is 11.5 Å². The average Bonchev–Trinajstić information content (AvgIpc) is 3.14. The molecule has 0 bridgehead atoms. The maximum absolute atomic E-state index is 12.6. The molecule has 2 aliphatic heterocycles. The Hall–Kier alpha value is -1.77. The molecular weight excluding hydrogens is 398 g/mol. The zero-order valence-electron chi connectivity index (χ0n) is 13.7. The number of thiocarbonyl (C=S) groups is 1. The molecule has 1 saturated heterocycles. The van der Waals surface area contributed by atoms with Crippen molar-refractivity contribution in [1.29, 1.82) is 0 Å². The highest BCUT2D eigenvalue weighted by Crippen LogP contribution is 2.41. The van der Waals surface area contributed by atoms with E-state index in [2.05, 4.69) is 0 Å². The third-order valence-corrected chi connectivity index (χ3v) is 5.54. The van der Waals surface area contributed by atoms with Gasteiger partial charge in [-0.2, -0.15) is 0 Å². The highest BCUT2D eigenvalue weighted by atomic mass is 35.5. The zero-order chi connectivity index (χ0) is 18.7. The first kappa shape index (κ1) is 19.0. The van der Waals surface area contributed by atoms with Crippen molar-refractivity contribution in [1.82, 2.24) is 4.90 Å². The standard InChI is InChI=1S/C17H16ClNO5S2/c18-11-6-10(7-12-15(11)24-9-23-12)8-13-16(22)19(17(25)26-13)5-3-1-2-4-14(20)21/h6-8H,1-5,9H2,(H,20,21)/p-1/b13-8+. The van der Waals surface area contributed by atoms with Crippen LogP contribution in [0.2, 0.25) is 5.02 Å². The van der Waals surface area contributed by atoms with E-state index in [-0.39, 0.29) is 19.1 Å². The molecule has 6 nitrogen and oxygen atoms in total. The predicted molar refractivity (Wildman–Crippen MR) is 101 cm³/mol. The smallest absolute Gasteiger partial charge is 0.266 e. The highest BCUT2D eigenvalue weighted by molar-refractivity contribution is 8.26. The molecule has 138 valence electrons. The van der Waals surface area contributed by atoms with Crippen LogP contribution in [0.4, 0.5) is 0 Å². The number of carbonyl (C=O) groups excluding carboxylic acids is 2. The summed E-state index contributed by atoms with van der Waals surface area (Å²) in [6.45, 7) is 0.593. The third kappa shape index (κ3) is 4.31. The van der Waals surface area contributed by atoms with Gasteiger partial charge in [0.1, 0.15) is 4.32 Å². The third-order valence-electron chi connectivity index (χ3n) is 3.88. The Labute approximate surface area is 165 Å². The predicted octanol–water partition coefficient (Wildman–Crippen LogP) is 2.58. The van der Waals surface area contributed by atoms with Gasteiger partial charge < -0.3 is 19.4 Å². The van der Waals surface area contributed by atoms with Crippen molar-refractivity contribution in [2.75, 3.05) is 13.3 Å². The number of hydrogen-bond acceptors (Lipinski definition) is 7. The van der Waals surface area contributed by atoms with Crippen molar-refractivity contribution in [3.05, 3.63) is 27.6 Å². The van der Waals surface area contributed by atoms with Gasteiger partial charge in [-0.15, -0.1) is 0 Å². The monoisotopic (exact) mass is 412 g/mol. The number of rotatable bonds is 7. The minimum absolute atomic E-state index is 0.0309. The molecule has 0 N–H and O–H groups in total. The summed E-state index contributed by atoms with van der Waals surface area (Å²) in [5.41, 5.74) is 0.730. The summed E-state index contributed by atoms with van der Waals surface area (Å²) in [6, 6.07) is 3.47. The Balaban J connectivity index is 1.64. The summed E-state index contributed by atoms with van der Waals surface area (Å²) in [6.07, 6.45) is 3.67. The van der Waals surface area contributed by atoms with E-state index in [0.29, 0.717) is 51.6 Å². The maximum atomic E-state index is 12.6. The number of thioether (sulfide) groups is 1. The molecule has 1 fully saturated rings. The van der Waals surface area contributed by atoms with Crippen LogP contribution in [-0.4, -0.2) is 34.4 Å². The quantitative estimate of drug-likeness (QED) is 0.387. The van der Waals surface area contributed by atoms with E-state index in [1.165, 1.54) is 11.8 Å². The topological polar surface area (TPSA) is 78.9 Å². The van der Waals surface area contributed by atoms with Gasteiger partial charge in [0.2, 0.25) is 6.79 Å². The summed E-state index contributed by atoms with van der Waals surface area (Å²) in [5, 5.41) is 10.8. The Bertz CT molecular complexity index is 796. The Morgan fingerprint density at radius 1 is 1.35 bits per heavy atom. The molecule has 26 heavy (non-hydrogen) atoms. The number of carboxylic acids is 1. The van der Waals surface area contributed by atoms with Gasteiger partial charge in [-0.3, -0.25) is 9.69 Å². The number of hydrogen-bond donors (Lipinski definition) is 0. The van der Waals surface area contributed by atoms with Crippen LogP contribution in [0.3, 0.4) is 0 Å². The van der Waals surface area contributed by atoms with Gasteiger partial charge in [0.05, 0.1) is 9.93 Å². The fraction of sp³-hybridized carbons (Fsp3) is 0.353. The number of carbonyl (C=O) groups is 2. The van der Waals surface area contributed by atoms with Gasteiger partial charge in [-0.05, 0) is 43.0 Å². The minimum atomic E-state index is -1.05. The van der Waals surface area contributed by atoms with Crippen LogP contribution in [0, 0.1) is 0 Å². The molecule has 0 aromatic heterocycles. The van der Waals surface area contributed by atoms with Gasteiger partial charge in [0.25, 0.3) is 5.91 Å². The number of fused-ring (bicyclic) bond motifs is 1. The first-order valence-electron chi connectivity index (χ1n) is 8.00. The Morgan fingerprint density at radius 3 is 2.92 bits per heavy atom. The molecule has 0 atom stereocenters. The van der Waals surface area contributed by atoms with E-state index in [1.54, 1.807) is 23.1 Å². The molecule has 1 aromatic carbocycles. The molecule has 0 saturated carbocycles. The molecule has 2 aliphatic rings. The number of amides is 1. The van der Waals surface area contributed by atoms with Gasteiger partial charge in [0.15, 0.2) is 11.5 Å². The first-order valence-corrected chi connectivity index (χ1v) is 9.60. The fourth-order valence-electron chi connectivity index (χ4n) is 2.63. The van der Waals surface area contributed by atoms with Crippen LogP contribution in [0.25, 0.3) is 6.08 Å². The number of unbranched alkanes of at least 4 members (excludes halogenated alkanes) is 2. The summed E-state index contributed by atoms with van der Waals surface area (Å²) in [4.78, 5) is 25.0. The highest BCUT2D eigenvalue weighted by Gasteiger charge is 2.31. The molecule has 9 heteroatoms. The maximum Gasteiger partial charge on any atom is 0.266 e. The van der Waals surface area contributed by atoms with E-state index in [9.17, 15) is 14.7 Å². The van der Waals surface area contributed by atoms with Gasteiger partial charge >= 0.3 is 0 Å². The average molecular weight is 413 g/mol. The number of ether oxygens (including phenoxy) is 2. The molecule has 3 rings (SSSR count). The van der Waals surface area contributed by atoms with Crippen LogP contribution in [0.15, 0.2) is 17.0 Å². The second kappa shape index (κ2) is 8.28. The van der Waals surface area contributed by atoms with Crippen molar-refractivity contribution in [2.45, 2.75) is 25.7 Å². The lowest BCUT2D eigenvalue weighted by Gasteiger charge is -2.14. The van der Waals surface area contributed by atoms with Crippen molar-refractivity contribution >= 4 is 57.9 Å². The number of carboxylic acid groups (broad SMARTS) is 1. The zero-order valence-corrected chi connectivity index (χ0v) is 16.0. The number of halogens is 1. The van der Waals surface area contributed by atoms with Crippen molar-refractivity contribution < 1.29 is 24.2 Å². The van der Waals surface area contributed by atoms with E-state index in [4.69, 9.17) is 33.3 Å². The lowest BCUT2D eigenvalue weighted by Crippen LogP contribution is -2.29. The van der Waals surface area contributed by atoms with Crippen LogP contribution in [0.5, 0.6) is 11.5 Å². The van der Waals surface area contributed by atoms with Gasteiger partial charge in [-0.1, -0.05) is 42.0 Å². The number of aliphatic carboxylic acids is 1. The Morgan fingerprint density at radius 2 is 2.15 bits per heavy atom. The van der Waals surface area contributed by atoms with E-state index in [0.717, 1.165) is 5.56 Å². The van der Waals surface area contributed by atoms with Crippen molar-refractivity contribution in [3.63, 3.8) is 0 Å². The van der Waals surface area contributed by atoms with Crippen LogP contribution in [-0.2, 0) is 9.59 Å². The Kier molecular flexibility index (Phi) is 6.05. The summed E-state index contributed by atoms with van der Waals surface area (Å²) >= 11 is 12.7. The van der Waals surface area contributed by atoms with E-state index >= 15 is 0 Å². The molecular formula is C17H15ClNO5S2-. The van der Waals surface area contributed by atoms with Crippen LogP contribution in [0.1, 0.15) is 31.2 Å². The fourth-order valence-corrected chi connectivity index (χ4v) is 4.21. The van der Waals surface area contributed by atoms with Crippen LogP contribution >= 0.6 is 35.6 Å². The van der Waals surface area contributed by atoms with Gasteiger partial charge in [-0.25, -0.2) is 0 Å². The van der Waals surface area contributed by atoms with Crippen LogP contribution < -0.4 is 14.6 Å². The van der Waals surface area contributed by atoms with E-state index < -0.39 is 5.97 Å². The summed E-state index contributed by atoms with van der Waals surface area (Å²) in [5.74, 6) is -0.158. The minimum Gasteiger partial charge on any atom is -0.550 e. The molecule has 1 amide bonds. The molecule has 2 heterocycles. The van der Waals surface area contributed by atoms with Crippen molar-refractivity contribution in [2.24, 2.45) is 0 Å². The molecule has 1 aromatic rings. The second-order valence-corrected chi connectivity index (χ2v) is 7.84. The number of benzene rings is 1. The molecule has 0 radical (unpaired) electrons. The summed E-state index contributed by atoms with van der Waals surface area (Å²) < 4.78 is 11.1. The molecule has 0 aliphatic carbocycles. The normalized spacial score (nSPS) is 17.4. The first-order chi connectivity index (χ1) is 12.5. The largest absolute Gasteiger partial charge is 0.550 e. The molecule has 0 spiro atoms. The van der Waals surface area contributed by atoms with E-state index in [1.807, 2.05) is 0 Å². The molecule has 0 unspecified atom stereocenters. The van der Waals surface area contributed by atoms with Gasteiger partial charge in [0, 0.05) is 12.5 Å². The number of nitrogens with zero attached hydrogens (tertiary/aromatic N) is 1. The lowest BCUT2D eigenvalue weighted by molar-refractivity contribution is -0.305. The SMILES string of the molecule is O=C([O-])CCCCCN1C(=O)/C(=C\c2cc(Cl)c3c(c2)OCO3)SC1=S.